The van der Waals surface area contributed by atoms with Crippen LogP contribution in [0, 0.1) is 0 Å². The summed E-state index contributed by atoms with van der Waals surface area (Å²) in [6.45, 7) is 2.05. The summed E-state index contributed by atoms with van der Waals surface area (Å²) in [5.41, 5.74) is 2.41. The Kier molecular flexibility index (Phi) is 1.85. The molecular weight excluding hydrogens is 164 g/mol. The SMILES string of the molecule is CCc1ccc2cc(C=O)[nH]c2n1. The first-order chi connectivity index (χ1) is 6.33. The van der Waals surface area contributed by atoms with E-state index in [1.165, 1.54) is 0 Å². The average molecular weight is 174 g/mol. The fourth-order valence-corrected chi connectivity index (χ4v) is 1.33. The average Bonchev–Trinajstić information content (AvgIpc) is 2.58. The fraction of sp³-hybridized carbons (Fsp3) is 0.200. The third kappa shape index (κ3) is 1.33. The molecule has 0 unspecified atom stereocenters. The lowest BCUT2D eigenvalue weighted by Gasteiger charge is -1.93. The van der Waals surface area contributed by atoms with E-state index in [0.717, 1.165) is 29.4 Å². The molecule has 0 amide bonds. The van der Waals surface area contributed by atoms with Crippen LogP contribution in [0.15, 0.2) is 18.2 Å². The first-order valence-electron chi connectivity index (χ1n) is 4.27. The summed E-state index contributed by atoms with van der Waals surface area (Å²) in [4.78, 5) is 17.8. The maximum Gasteiger partial charge on any atom is 0.166 e. The van der Waals surface area contributed by atoms with Gasteiger partial charge >= 0.3 is 0 Å². The highest BCUT2D eigenvalue weighted by Gasteiger charge is 2.00. The van der Waals surface area contributed by atoms with Crippen molar-refractivity contribution in [2.75, 3.05) is 0 Å². The molecule has 0 radical (unpaired) electrons. The Morgan fingerprint density at radius 1 is 1.54 bits per heavy atom. The second-order valence-electron chi connectivity index (χ2n) is 2.94. The molecule has 66 valence electrons. The van der Waals surface area contributed by atoms with Crippen LogP contribution in [0.4, 0.5) is 0 Å². The molecular formula is C10H10N2O. The van der Waals surface area contributed by atoms with E-state index in [4.69, 9.17) is 0 Å². The van der Waals surface area contributed by atoms with E-state index >= 15 is 0 Å². The highest BCUT2D eigenvalue weighted by atomic mass is 16.1. The number of hydrogen-bond donors (Lipinski definition) is 1. The molecule has 13 heavy (non-hydrogen) atoms. The van der Waals surface area contributed by atoms with Crippen molar-refractivity contribution in [3.63, 3.8) is 0 Å². The minimum atomic E-state index is 0.579. The first kappa shape index (κ1) is 7.98. The minimum Gasteiger partial charge on any atom is -0.337 e. The van der Waals surface area contributed by atoms with E-state index in [0.29, 0.717) is 5.69 Å². The maximum absolute atomic E-state index is 10.5. The van der Waals surface area contributed by atoms with Crippen LogP contribution in [0.3, 0.4) is 0 Å². The first-order valence-corrected chi connectivity index (χ1v) is 4.27. The van der Waals surface area contributed by atoms with Gasteiger partial charge in [0.05, 0.1) is 5.69 Å². The Morgan fingerprint density at radius 2 is 2.38 bits per heavy atom. The van der Waals surface area contributed by atoms with Gasteiger partial charge in [0.25, 0.3) is 0 Å². The van der Waals surface area contributed by atoms with Gasteiger partial charge in [0.1, 0.15) is 5.65 Å². The normalized spacial score (nSPS) is 10.5. The summed E-state index contributed by atoms with van der Waals surface area (Å²) in [6.07, 6.45) is 1.71. The van der Waals surface area contributed by atoms with Crippen molar-refractivity contribution in [3.8, 4) is 0 Å². The lowest BCUT2D eigenvalue weighted by molar-refractivity contribution is 0.112. The molecule has 0 bridgehead atoms. The van der Waals surface area contributed by atoms with Gasteiger partial charge in [-0.2, -0.15) is 0 Å². The molecule has 2 heterocycles. The second kappa shape index (κ2) is 3.01. The van der Waals surface area contributed by atoms with E-state index < -0.39 is 0 Å². The van der Waals surface area contributed by atoms with Gasteiger partial charge in [0.2, 0.25) is 0 Å². The highest BCUT2D eigenvalue weighted by molar-refractivity contribution is 5.85. The number of hydrogen-bond acceptors (Lipinski definition) is 2. The smallest absolute Gasteiger partial charge is 0.166 e. The lowest BCUT2D eigenvalue weighted by atomic mass is 10.2. The van der Waals surface area contributed by atoms with Crippen molar-refractivity contribution in [1.29, 1.82) is 0 Å². The van der Waals surface area contributed by atoms with Crippen LogP contribution in [0.25, 0.3) is 11.0 Å². The summed E-state index contributed by atoms with van der Waals surface area (Å²) in [7, 11) is 0. The van der Waals surface area contributed by atoms with Gasteiger partial charge in [-0.05, 0) is 24.6 Å². The third-order valence-electron chi connectivity index (χ3n) is 2.05. The summed E-state index contributed by atoms with van der Waals surface area (Å²) >= 11 is 0. The quantitative estimate of drug-likeness (QED) is 0.707. The number of aromatic amines is 1. The van der Waals surface area contributed by atoms with E-state index in [1.54, 1.807) is 6.07 Å². The zero-order valence-electron chi connectivity index (χ0n) is 7.37. The molecule has 0 saturated carbocycles. The number of nitrogens with zero attached hydrogens (tertiary/aromatic N) is 1. The third-order valence-corrected chi connectivity index (χ3v) is 2.05. The van der Waals surface area contributed by atoms with Crippen LogP contribution in [0.1, 0.15) is 23.1 Å². The van der Waals surface area contributed by atoms with Crippen LogP contribution in [0.5, 0.6) is 0 Å². The number of aromatic nitrogens is 2. The largest absolute Gasteiger partial charge is 0.337 e. The van der Waals surface area contributed by atoms with E-state index in [9.17, 15) is 4.79 Å². The molecule has 0 aliphatic carbocycles. The number of fused-ring (bicyclic) bond motifs is 1. The van der Waals surface area contributed by atoms with Crippen molar-refractivity contribution in [2.24, 2.45) is 0 Å². The molecule has 2 aromatic heterocycles. The predicted octanol–water partition coefficient (Wildman–Crippen LogP) is 1.94. The monoisotopic (exact) mass is 174 g/mol. The van der Waals surface area contributed by atoms with Gasteiger partial charge in [-0.25, -0.2) is 4.98 Å². The van der Waals surface area contributed by atoms with Crippen molar-refractivity contribution in [1.82, 2.24) is 9.97 Å². The Morgan fingerprint density at radius 3 is 3.08 bits per heavy atom. The van der Waals surface area contributed by atoms with Gasteiger partial charge in [0.15, 0.2) is 6.29 Å². The number of carbonyl (C=O) groups excluding carboxylic acids is 1. The van der Waals surface area contributed by atoms with Gasteiger partial charge in [-0.15, -0.1) is 0 Å². The maximum atomic E-state index is 10.5. The second-order valence-corrected chi connectivity index (χ2v) is 2.94. The van der Waals surface area contributed by atoms with Crippen LogP contribution in [0.2, 0.25) is 0 Å². The van der Waals surface area contributed by atoms with Crippen LogP contribution in [-0.4, -0.2) is 16.3 Å². The fourth-order valence-electron chi connectivity index (χ4n) is 1.33. The van der Waals surface area contributed by atoms with Gasteiger partial charge in [-0.1, -0.05) is 6.92 Å². The van der Waals surface area contributed by atoms with Crippen LogP contribution < -0.4 is 0 Å². The molecule has 1 N–H and O–H groups in total. The summed E-state index contributed by atoms with van der Waals surface area (Å²) in [5, 5.41) is 0.985. The van der Waals surface area contributed by atoms with Crippen LogP contribution >= 0.6 is 0 Å². The number of pyridine rings is 1. The van der Waals surface area contributed by atoms with Gasteiger partial charge in [0, 0.05) is 11.1 Å². The van der Waals surface area contributed by atoms with E-state index in [-0.39, 0.29) is 0 Å². The van der Waals surface area contributed by atoms with Crippen molar-refractivity contribution < 1.29 is 4.79 Å². The summed E-state index contributed by atoms with van der Waals surface area (Å²) in [6, 6.07) is 5.75. The van der Waals surface area contributed by atoms with Gasteiger partial charge in [-0.3, -0.25) is 4.79 Å². The molecule has 2 aromatic rings. The zero-order valence-corrected chi connectivity index (χ0v) is 7.37. The predicted molar refractivity (Wildman–Crippen MR) is 50.9 cm³/mol. The van der Waals surface area contributed by atoms with Crippen LogP contribution in [-0.2, 0) is 6.42 Å². The molecule has 0 aliphatic rings. The molecule has 0 atom stereocenters. The van der Waals surface area contributed by atoms with Crippen molar-refractivity contribution >= 4 is 17.3 Å². The number of rotatable bonds is 2. The Bertz CT molecular complexity index is 445. The minimum absolute atomic E-state index is 0.579. The highest BCUT2D eigenvalue weighted by Crippen LogP contribution is 2.12. The summed E-state index contributed by atoms with van der Waals surface area (Å²) < 4.78 is 0. The lowest BCUT2D eigenvalue weighted by Crippen LogP contribution is -1.86. The number of aldehydes is 1. The molecule has 2 rings (SSSR count). The zero-order chi connectivity index (χ0) is 9.26. The Balaban J connectivity index is 2.63. The number of carbonyl (C=O) groups is 1. The molecule has 0 aliphatic heterocycles. The molecule has 0 aromatic carbocycles. The van der Waals surface area contributed by atoms with Crippen molar-refractivity contribution in [2.45, 2.75) is 13.3 Å². The topological polar surface area (TPSA) is 45.8 Å². The number of nitrogens with one attached hydrogen (secondary N) is 1. The molecule has 0 saturated heterocycles. The van der Waals surface area contributed by atoms with Crippen molar-refractivity contribution in [3.05, 3.63) is 29.6 Å². The number of aryl methyl sites for hydroxylation is 1. The Hall–Kier alpha value is -1.64. The molecule has 3 nitrogen and oxygen atoms in total. The molecule has 0 fully saturated rings. The summed E-state index contributed by atoms with van der Waals surface area (Å²) in [5.74, 6) is 0. The standard InChI is InChI=1S/C10H10N2O/c1-2-8-4-3-7-5-9(6-13)12-10(7)11-8/h3-6H,2H2,1H3,(H,11,12). The molecule has 3 heteroatoms. The van der Waals surface area contributed by atoms with E-state index in [2.05, 4.69) is 16.9 Å². The number of H-pyrrole nitrogens is 1. The van der Waals surface area contributed by atoms with Gasteiger partial charge < -0.3 is 4.98 Å². The van der Waals surface area contributed by atoms with E-state index in [1.807, 2.05) is 12.1 Å². The Labute approximate surface area is 75.8 Å². The molecule has 0 spiro atoms.